The molecule has 0 spiro atoms. The molecule has 0 radical (unpaired) electrons. The topological polar surface area (TPSA) is 0 Å². The van der Waals surface area contributed by atoms with Gasteiger partial charge in [-0.2, -0.15) is 13.2 Å². The molecular weight excluding hydrogens is 408 g/mol. The number of halogens is 5. The molecule has 0 amide bonds. The molecule has 0 N–H and O–H groups in total. The summed E-state index contributed by atoms with van der Waals surface area (Å²) in [7, 11) is 0. The molecule has 6 heteroatoms. The summed E-state index contributed by atoms with van der Waals surface area (Å²) >= 11 is 8.73. The zero-order valence-electron chi connectivity index (χ0n) is 9.34. The van der Waals surface area contributed by atoms with Gasteiger partial charge < -0.3 is 0 Å². The van der Waals surface area contributed by atoms with Crippen LogP contribution in [0.3, 0.4) is 0 Å². The predicted molar refractivity (Wildman–Crippen MR) is 79.7 cm³/mol. The molecule has 0 heterocycles. The summed E-state index contributed by atoms with van der Waals surface area (Å²) in [6.45, 7) is 0. The Morgan fingerprint density at radius 3 is 2.11 bits per heavy atom. The number of alkyl halides is 3. The Kier molecular flexibility index (Phi) is 4.68. The van der Waals surface area contributed by atoms with Crippen molar-refractivity contribution in [2.75, 3.05) is 0 Å². The highest BCUT2D eigenvalue weighted by Crippen LogP contribution is 2.37. The summed E-state index contributed by atoms with van der Waals surface area (Å²) in [6.07, 6.45) is -4.33. The van der Waals surface area contributed by atoms with Gasteiger partial charge in [-0.25, -0.2) is 0 Å². The Hall–Kier alpha value is -0.400. The summed E-state index contributed by atoms with van der Waals surface area (Å²) < 4.78 is 38.6. The van der Waals surface area contributed by atoms with E-state index in [1.54, 1.807) is 52.9 Å². The Bertz CT molecular complexity index is 581. The number of hydrogen-bond acceptors (Lipinski definition) is 1. The molecule has 0 aromatic heterocycles. The van der Waals surface area contributed by atoms with Gasteiger partial charge in [0.2, 0.25) is 0 Å². The van der Waals surface area contributed by atoms with Crippen molar-refractivity contribution < 1.29 is 13.2 Å². The van der Waals surface area contributed by atoms with Crippen LogP contribution in [0.2, 0.25) is 5.02 Å². The maximum absolute atomic E-state index is 12.8. The first kappa shape index (κ1) is 15.0. The van der Waals surface area contributed by atoms with Crippen molar-refractivity contribution in [3.8, 4) is 0 Å². The zero-order valence-corrected chi connectivity index (χ0v) is 13.1. The van der Waals surface area contributed by atoms with Gasteiger partial charge in [0.1, 0.15) is 0 Å². The SMILES string of the molecule is FC(F)(F)c1cc(Sc2ccc(Cl)cc2)ccc1I. The number of benzene rings is 2. The van der Waals surface area contributed by atoms with E-state index < -0.39 is 11.7 Å². The predicted octanol–water partition coefficient (Wildman–Crippen LogP) is 6.11. The standard InChI is InChI=1S/C13H7ClF3IS/c14-8-1-3-9(4-2-8)19-10-5-6-12(18)11(7-10)13(15,16)17/h1-7H. The average Bonchev–Trinajstić information content (AvgIpc) is 2.33. The molecule has 19 heavy (non-hydrogen) atoms. The highest BCUT2D eigenvalue weighted by atomic mass is 127. The lowest BCUT2D eigenvalue weighted by atomic mass is 10.2. The maximum atomic E-state index is 12.8. The van der Waals surface area contributed by atoms with E-state index in [0.29, 0.717) is 9.92 Å². The lowest BCUT2D eigenvalue weighted by molar-refractivity contribution is -0.138. The van der Waals surface area contributed by atoms with Crippen LogP contribution < -0.4 is 0 Å². The highest BCUT2D eigenvalue weighted by molar-refractivity contribution is 14.1. The summed E-state index contributed by atoms with van der Waals surface area (Å²) in [5.74, 6) is 0. The third kappa shape index (κ3) is 4.03. The second kappa shape index (κ2) is 5.93. The lowest BCUT2D eigenvalue weighted by Gasteiger charge is -2.11. The molecule has 0 unspecified atom stereocenters. The van der Waals surface area contributed by atoms with Crippen LogP contribution in [0.15, 0.2) is 52.3 Å². The van der Waals surface area contributed by atoms with Crippen LogP contribution in [0.1, 0.15) is 5.56 Å². The minimum atomic E-state index is -4.33. The quantitative estimate of drug-likeness (QED) is 0.534. The van der Waals surface area contributed by atoms with Crippen LogP contribution in [0.25, 0.3) is 0 Å². The van der Waals surface area contributed by atoms with Gasteiger partial charge in [-0.15, -0.1) is 0 Å². The van der Waals surface area contributed by atoms with Crippen LogP contribution >= 0.6 is 46.0 Å². The molecule has 0 saturated carbocycles. The molecule has 0 aliphatic rings. The van der Waals surface area contributed by atoms with Gasteiger partial charge in [0.25, 0.3) is 0 Å². The molecule has 0 aliphatic heterocycles. The number of rotatable bonds is 2. The van der Waals surface area contributed by atoms with Gasteiger partial charge in [-0.3, -0.25) is 0 Å². The van der Waals surface area contributed by atoms with Crippen molar-refractivity contribution in [3.63, 3.8) is 0 Å². The van der Waals surface area contributed by atoms with Gasteiger partial charge in [0.05, 0.1) is 5.56 Å². The van der Waals surface area contributed by atoms with Crippen molar-refractivity contribution in [3.05, 3.63) is 56.6 Å². The average molecular weight is 415 g/mol. The normalized spacial score (nSPS) is 11.6. The van der Waals surface area contributed by atoms with Gasteiger partial charge in [-0.1, -0.05) is 23.4 Å². The number of hydrogen-bond donors (Lipinski definition) is 0. The second-order valence-corrected chi connectivity index (χ2v) is 6.44. The zero-order chi connectivity index (χ0) is 14.0. The fourth-order valence-corrected chi connectivity index (χ4v) is 3.05. The van der Waals surface area contributed by atoms with Crippen molar-refractivity contribution in [2.24, 2.45) is 0 Å². The Labute approximate surface area is 131 Å². The smallest absolute Gasteiger partial charge is 0.166 e. The van der Waals surface area contributed by atoms with Crippen molar-refractivity contribution in [1.82, 2.24) is 0 Å². The first-order valence-corrected chi connectivity index (χ1v) is 7.44. The Balaban J connectivity index is 2.29. The molecule has 0 aliphatic carbocycles. The van der Waals surface area contributed by atoms with Crippen LogP contribution in [0, 0.1) is 3.57 Å². The van der Waals surface area contributed by atoms with Crippen LogP contribution in [-0.2, 0) is 6.18 Å². The van der Waals surface area contributed by atoms with Gasteiger partial charge in [-0.05, 0) is 65.1 Å². The monoisotopic (exact) mass is 414 g/mol. The minimum absolute atomic E-state index is 0.200. The minimum Gasteiger partial charge on any atom is -0.166 e. The molecule has 100 valence electrons. The molecule has 2 rings (SSSR count). The van der Waals surface area contributed by atoms with E-state index in [1.807, 2.05) is 0 Å². The van der Waals surface area contributed by atoms with Crippen LogP contribution in [0.5, 0.6) is 0 Å². The third-order valence-electron chi connectivity index (χ3n) is 2.29. The largest absolute Gasteiger partial charge is 0.417 e. The molecule has 0 bridgehead atoms. The molecule has 0 fully saturated rings. The van der Waals surface area contributed by atoms with Crippen molar-refractivity contribution >= 4 is 46.0 Å². The molecule has 0 atom stereocenters. The summed E-state index contributed by atoms with van der Waals surface area (Å²) in [5.41, 5.74) is -0.605. The molecule has 0 saturated heterocycles. The van der Waals surface area contributed by atoms with E-state index in [9.17, 15) is 13.2 Å². The van der Waals surface area contributed by atoms with Crippen LogP contribution in [0.4, 0.5) is 13.2 Å². The van der Waals surface area contributed by atoms with E-state index in [4.69, 9.17) is 11.6 Å². The molecule has 0 nitrogen and oxygen atoms in total. The van der Waals surface area contributed by atoms with Crippen LogP contribution in [-0.4, -0.2) is 0 Å². The van der Waals surface area contributed by atoms with Crippen molar-refractivity contribution in [2.45, 2.75) is 16.0 Å². The fourth-order valence-electron chi connectivity index (χ4n) is 1.42. The van der Waals surface area contributed by atoms with E-state index in [1.165, 1.54) is 23.9 Å². The van der Waals surface area contributed by atoms with Gasteiger partial charge >= 0.3 is 6.18 Å². The lowest BCUT2D eigenvalue weighted by Crippen LogP contribution is -2.07. The Morgan fingerprint density at radius 1 is 0.947 bits per heavy atom. The molecule has 2 aromatic carbocycles. The second-order valence-electron chi connectivity index (χ2n) is 3.70. The first-order chi connectivity index (χ1) is 8.86. The highest BCUT2D eigenvalue weighted by Gasteiger charge is 2.33. The maximum Gasteiger partial charge on any atom is 0.417 e. The summed E-state index contributed by atoms with van der Waals surface area (Å²) in [4.78, 5) is 1.40. The third-order valence-corrected chi connectivity index (χ3v) is 4.48. The van der Waals surface area contributed by atoms with Gasteiger partial charge in [0.15, 0.2) is 0 Å². The van der Waals surface area contributed by atoms with E-state index >= 15 is 0 Å². The summed E-state index contributed by atoms with van der Waals surface area (Å²) in [5, 5.41) is 0.600. The first-order valence-electron chi connectivity index (χ1n) is 5.16. The van der Waals surface area contributed by atoms with Crippen molar-refractivity contribution in [1.29, 1.82) is 0 Å². The summed E-state index contributed by atoms with van der Waals surface area (Å²) in [6, 6.07) is 11.3. The fraction of sp³-hybridized carbons (Fsp3) is 0.0769. The van der Waals surface area contributed by atoms with E-state index in [-0.39, 0.29) is 3.57 Å². The Morgan fingerprint density at radius 2 is 1.53 bits per heavy atom. The molecule has 2 aromatic rings. The van der Waals surface area contributed by atoms with Gasteiger partial charge in [0, 0.05) is 18.4 Å². The molecular formula is C13H7ClF3IS. The van der Waals surface area contributed by atoms with E-state index in [0.717, 1.165) is 4.90 Å². The van der Waals surface area contributed by atoms with E-state index in [2.05, 4.69) is 0 Å².